The SMILES string of the molecule is Cc1ccc(N(c2ccc(C)cc2)c2ccc3c(c2)C2(c4cc(N(c5ccc(C)cc5)c5ccc(C)cc5)ccc4-c4ccccc4-3)c3ccccc3-c3cc4sc5ccccc5c4cc32)cc1. The molecule has 1 heterocycles. The van der Waals surface area contributed by atoms with Crippen molar-refractivity contribution in [3.05, 3.63) is 263 Å². The number of hydrogen-bond donors (Lipinski definition) is 0. The fourth-order valence-electron chi connectivity index (χ4n) is 11.3. The van der Waals surface area contributed by atoms with Crippen LogP contribution in [-0.2, 0) is 5.41 Å². The van der Waals surface area contributed by atoms with Gasteiger partial charge in [0.1, 0.15) is 0 Å². The third kappa shape index (κ3) is 6.16. The zero-order valence-electron chi connectivity index (χ0n) is 38.6. The van der Waals surface area contributed by atoms with E-state index in [2.05, 4.69) is 256 Å². The van der Waals surface area contributed by atoms with E-state index in [-0.39, 0.29) is 0 Å². The highest BCUT2D eigenvalue weighted by atomic mass is 32.1. The summed E-state index contributed by atoms with van der Waals surface area (Å²) >= 11 is 1.90. The van der Waals surface area contributed by atoms with E-state index in [1.54, 1.807) is 0 Å². The molecule has 10 aromatic carbocycles. The van der Waals surface area contributed by atoms with E-state index in [9.17, 15) is 0 Å². The quantitative estimate of drug-likeness (QED) is 0.164. The smallest absolute Gasteiger partial charge is 0.0727 e. The zero-order chi connectivity index (χ0) is 45.7. The standard InChI is InChI=1S/C65H48N2S/c1-41-17-25-45(26-18-41)66(46-27-19-42(2)20-28-46)49-33-35-54-51-11-5-6-12-52(51)55-36-34-50(67(47-29-21-43(3)22-30-47)48-31-23-44(4)24-32-48)38-61(55)65(60(54)37-49)59-15-9-7-13-53(59)57-40-64-58(39-62(57)65)56-14-8-10-16-63(56)68-64/h5-40H,1-4H3. The van der Waals surface area contributed by atoms with Crippen LogP contribution >= 0.6 is 11.3 Å². The molecule has 0 bridgehead atoms. The van der Waals surface area contributed by atoms with Crippen molar-refractivity contribution in [2.75, 3.05) is 9.80 Å². The average molecular weight is 889 g/mol. The van der Waals surface area contributed by atoms with Crippen molar-refractivity contribution in [3.8, 4) is 33.4 Å². The molecule has 2 nitrogen and oxygen atoms in total. The number of aryl methyl sites for hydroxylation is 4. The molecule has 0 saturated carbocycles. The summed E-state index contributed by atoms with van der Waals surface area (Å²) in [5.74, 6) is 0. The third-order valence-corrected chi connectivity index (χ3v) is 15.7. The van der Waals surface area contributed by atoms with Crippen LogP contribution in [0.2, 0.25) is 0 Å². The molecule has 0 saturated heterocycles. The summed E-state index contributed by atoms with van der Waals surface area (Å²) in [4.78, 5) is 4.88. The highest BCUT2D eigenvalue weighted by Crippen LogP contribution is 2.63. The normalized spacial score (nSPS) is 12.8. The first-order valence-electron chi connectivity index (χ1n) is 23.6. The minimum absolute atomic E-state index is 0.739. The van der Waals surface area contributed by atoms with E-state index in [1.807, 2.05) is 11.3 Å². The molecule has 11 aromatic rings. The van der Waals surface area contributed by atoms with Crippen LogP contribution in [0.1, 0.15) is 44.5 Å². The molecule has 68 heavy (non-hydrogen) atoms. The van der Waals surface area contributed by atoms with Gasteiger partial charge in [-0.05, 0) is 174 Å². The maximum atomic E-state index is 2.57. The topological polar surface area (TPSA) is 6.48 Å². The predicted molar refractivity (Wildman–Crippen MR) is 289 cm³/mol. The molecule has 1 aromatic heterocycles. The van der Waals surface area contributed by atoms with Gasteiger partial charge in [-0.1, -0.05) is 150 Å². The van der Waals surface area contributed by atoms with Gasteiger partial charge in [0, 0.05) is 54.3 Å². The van der Waals surface area contributed by atoms with E-state index < -0.39 is 5.41 Å². The molecule has 1 spiro atoms. The van der Waals surface area contributed by atoms with Crippen molar-refractivity contribution < 1.29 is 0 Å². The lowest BCUT2D eigenvalue weighted by atomic mass is 9.65. The van der Waals surface area contributed by atoms with E-state index in [0.29, 0.717) is 0 Å². The molecule has 2 aliphatic rings. The van der Waals surface area contributed by atoms with Gasteiger partial charge in [0.15, 0.2) is 0 Å². The number of hydrogen-bond acceptors (Lipinski definition) is 3. The summed E-state index contributed by atoms with van der Waals surface area (Å²) in [6.45, 7) is 8.65. The predicted octanol–water partition coefficient (Wildman–Crippen LogP) is 18.2. The zero-order valence-corrected chi connectivity index (χ0v) is 39.4. The number of nitrogens with zero attached hydrogens (tertiary/aromatic N) is 2. The molecule has 0 unspecified atom stereocenters. The first-order chi connectivity index (χ1) is 33.3. The highest BCUT2D eigenvalue weighted by Gasteiger charge is 2.50. The number of rotatable bonds is 6. The van der Waals surface area contributed by atoms with Gasteiger partial charge in [0.05, 0.1) is 5.41 Å². The average Bonchev–Trinajstić information content (AvgIpc) is 3.85. The summed E-state index contributed by atoms with van der Waals surface area (Å²) in [5, 5.41) is 2.60. The Morgan fingerprint density at radius 1 is 0.279 bits per heavy atom. The lowest BCUT2D eigenvalue weighted by Gasteiger charge is -2.37. The lowest BCUT2D eigenvalue weighted by molar-refractivity contribution is 0.776. The molecule has 0 atom stereocenters. The van der Waals surface area contributed by atoms with Crippen LogP contribution in [0.15, 0.2) is 218 Å². The van der Waals surface area contributed by atoms with Crippen molar-refractivity contribution in [2.45, 2.75) is 33.1 Å². The molecule has 0 fully saturated rings. The fourth-order valence-corrected chi connectivity index (χ4v) is 12.4. The first-order valence-corrected chi connectivity index (χ1v) is 24.5. The third-order valence-electron chi connectivity index (χ3n) is 14.5. The Bertz CT molecular complexity index is 3510. The van der Waals surface area contributed by atoms with E-state index in [0.717, 1.165) is 34.1 Å². The monoisotopic (exact) mass is 888 g/mol. The summed E-state index contributed by atoms with van der Waals surface area (Å²) in [5.41, 5.74) is 23.6. The van der Waals surface area contributed by atoms with Crippen LogP contribution in [0.3, 0.4) is 0 Å². The first kappa shape index (κ1) is 40.3. The molecular weight excluding hydrogens is 841 g/mol. The van der Waals surface area contributed by atoms with Gasteiger partial charge in [0.25, 0.3) is 0 Å². The molecule has 3 heteroatoms. The molecule has 13 rings (SSSR count). The summed E-state index contributed by atoms with van der Waals surface area (Å²) in [7, 11) is 0. The fraction of sp³-hybridized carbons (Fsp3) is 0.0769. The van der Waals surface area contributed by atoms with E-state index >= 15 is 0 Å². The Hall–Kier alpha value is -7.98. The van der Waals surface area contributed by atoms with Gasteiger partial charge >= 0.3 is 0 Å². The van der Waals surface area contributed by atoms with Crippen molar-refractivity contribution >= 4 is 65.6 Å². The Morgan fingerprint density at radius 2 is 0.662 bits per heavy atom. The number of anilines is 6. The van der Waals surface area contributed by atoms with Gasteiger partial charge < -0.3 is 9.80 Å². The van der Waals surface area contributed by atoms with E-state index in [4.69, 9.17) is 0 Å². The van der Waals surface area contributed by atoms with Gasteiger partial charge in [-0.25, -0.2) is 0 Å². The summed E-state index contributed by atoms with van der Waals surface area (Å²) < 4.78 is 2.62. The molecule has 0 amide bonds. The number of thiophene rings is 1. The molecule has 0 N–H and O–H groups in total. The van der Waals surface area contributed by atoms with E-state index in [1.165, 1.54) is 98.1 Å². The number of fused-ring (bicyclic) bond motifs is 15. The second kappa shape index (κ2) is 15.6. The second-order valence-electron chi connectivity index (χ2n) is 18.8. The summed E-state index contributed by atoms with van der Waals surface area (Å²) in [6.07, 6.45) is 0. The maximum absolute atomic E-state index is 2.57. The minimum Gasteiger partial charge on any atom is -0.310 e. The maximum Gasteiger partial charge on any atom is 0.0727 e. The van der Waals surface area contributed by atoms with Crippen LogP contribution in [0.5, 0.6) is 0 Å². The van der Waals surface area contributed by atoms with Crippen LogP contribution in [-0.4, -0.2) is 0 Å². The highest BCUT2D eigenvalue weighted by molar-refractivity contribution is 7.25. The second-order valence-corrected chi connectivity index (χ2v) is 19.9. The van der Waals surface area contributed by atoms with Crippen molar-refractivity contribution in [1.29, 1.82) is 0 Å². The van der Waals surface area contributed by atoms with Gasteiger partial charge in [-0.3, -0.25) is 0 Å². The Balaban J connectivity index is 1.19. The minimum atomic E-state index is -0.739. The van der Waals surface area contributed by atoms with Crippen molar-refractivity contribution in [3.63, 3.8) is 0 Å². The Kier molecular flexibility index (Phi) is 9.22. The molecule has 324 valence electrons. The van der Waals surface area contributed by atoms with Gasteiger partial charge in [-0.2, -0.15) is 0 Å². The van der Waals surface area contributed by atoms with Crippen LogP contribution in [0, 0.1) is 27.7 Å². The molecule has 0 radical (unpaired) electrons. The van der Waals surface area contributed by atoms with Gasteiger partial charge in [0.2, 0.25) is 0 Å². The number of benzene rings is 10. The molecule has 0 aliphatic heterocycles. The van der Waals surface area contributed by atoms with Crippen molar-refractivity contribution in [2.24, 2.45) is 0 Å². The van der Waals surface area contributed by atoms with Gasteiger partial charge in [-0.15, -0.1) is 11.3 Å². The summed E-state index contributed by atoms with van der Waals surface area (Å²) in [6, 6.07) is 82.8. The molecular formula is C65H48N2S. The van der Waals surface area contributed by atoms with Crippen LogP contribution in [0.25, 0.3) is 53.6 Å². The largest absolute Gasteiger partial charge is 0.310 e. The van der Waals surface area contributed by atoms with Crippen LogP contribution in [0.4, 0.5) is 34.1 Å². The van der Waals surface area contributed by atoms with Crippen LogP contribution < -0.4 is 9.80 Å². The lowest BCUT2D eigenvalue weighted by Crippen LogP contribution is -2.30. The molecule has 2 aliphatic carbocycles. The Labute approximate surface area is 402 Å². The Morgan fingerprint density at radius 3 is 1.15 bits per heavy atom. The van der Waals surface area contributed by atoms with Crippen molar-refractivity contribution in [1.82, 2.24) is 0 Å².